The van der Waals surface area contributed by atoms with Gasteiger partial charge >= 0.3 is 0 Å². The van der Waals surface area contributed by atoms with E-state index in [0.717, 1.165) is 17.0 Å². The fourth-order valence-corrected chi connectivity index (χ4v) is 3.35. The summed E-state index contributed by atoms with van der Waals surface area (Å²) in [4.78, 5) is 19.1. The first kappa shape index (κ1) is 21.0. The SMILES string of the molecule is Cc1cc(C)n(-c2ccc(Cl)c(C(=O)NCC(c3cccc(F)c3)N(C)C)n2)n1. The van der Waals surface area contributed by atoms with Crippen molar-refractivity contribution in [2.75, 3.05) is 20.6 Å². The quantitative estimate of drug-likeness (QED) is 0.666. The van der Waals surface area contributed by atoms with E-state index in [1.54, 1.807) is 22.9 Å². The maximum atomic E-state index is 13.6. The van der Waals surface area contributed by atoms with Gasteiger partial charge in [-0.1, -0.05) is 23.7 Å². The van der Waals surface area contributed by atoms with Crippen LogP contribution in [0.4, 0.5) is 4.39 Å². The third kappa shape index (κ3) is 4.81. The van der Waals surface area contributed by atoms with Crippen LogP contribution in [-0.2, 0) is 0 Å². The van der Waals surface area contributed by atoms with E-state index in [2.05, 4.69) is 15.4 Å². The summed E-state index contributed by atoms with van der Waals surface area (Å²) >= 11 is 6.23. The Labute approximate surface area is 174 Å². The summed E-state index contributed by atoms with van der Waals surface area (Å²) in [6, 6.07) is 11.4. The standard InChI is InChI=1S/C21H23ClFN5O/c1-13-10-14(2)28(26-13)19-9-8-17(22)20(25-19)21(29)24-12-18(27(3)4)15-6-5-7-16(23)11-15/h5-11,18H,12H2,1-4H3,(H,24,29). The molecule has 0 aliphatic carbocycles. The Morgan fingerprint density at radius 2 is 2.00 bits per heavy atom. The molecule has 0 aliphatic heterocycles. The Balaban J connectivity index is 1.81. The topological polar surface area (TPSA) is 63.1 Å². The van der Waals surface area contributed by atoms with Crippen molar-refractivity contribution in [1.29, 1.82) is 0 Å². The minimum atomic E-state index is -0.401. The fourth-order valence-electron chi connectivity index (χ4n) is 3.16. The summed E-state index contributed by atoms with van der Waals surface area (Å²) in [7, 11) is 3.74. The average molecular weight is 416 g/mol. The molecule has 6 nitrogen and oxygen atoms in total. The van der Waals surface area contributed by atoms with Crippen LogP contribution in [0.25, 0.3) is 5.82 Å². The van der Waals surface area contributed by atoms with Crippen molar-refractivity contribution in [1.82, 2.24) is 25.0 Å². The lowest BCUT2D eigenvalue weighted by molar-refractivity contribution is 0.0937. The Kier molecular flexibility index (Phi) is 6.30. The van der Waals surface area contributed by atoms with Gasteiger partial charge in [0.15, 0.2) is 5.82 Å². The maximum absolute atomic E-state index is 13.6. The monoisotopic (exact) mass is 415 g/mol. The van der Waals surface area contributed by atoms with E-state index in [-0.39, 0.29) is 29.1 Å². The lowest BCUT2D eigenvalue weighted by Crippen LogP contribution is -2.35. The predicted molar refractivity (Wildman–Crippen MR) is 111 cm³/mol. The molecule has 29 heavy (non-hydrogen) atoms. The zero-order chi connectivity index (χ0) is 21.1. The number of carbonyl (C=O) groups excluding carboxylic acids is 1. The molecule has 3 aromatic rings. The minimum Gasteiger partial charge on any atom is -0.349 e. The van der Waals surface area contributed by atoms with Crippen molar-refractivity contribution < 1.29 is 9.18 Å². The summed E-state index contributed by atoms with van der Waals surface area (Å²) in [6.45, 7) is 4.08. The molecular formula is C21H23ClFN5O. The molecule has 0 spiro atoms. The lowest BCUT2D eigenvalue weighted by atomic mass is 10.1. The maximum Gasteiger partial charge on any atom is 0.271 e. The third-order valence-corrected chi connectivity index (χ3v) is 4.89. The number of amides is 1. The zero-order valence-corrected chi connectivity index (χ0v) is 17.5. The number of pyridine rings is 1. The average Bonchev–Trinajstić information content (AvgIpc) is 3.00. The molecule has 152 valence electrons. The summed E-state index contributed by atoms with van der Waals surface area (Å²) in [5, 5.41) is 7.50. The van der Waals surface area contributed by atoms with E-state index in [0.29, 0.717) is 5.82 Å². The van der Waals surface area contributed by atoms with E-state index in [1.807, 2.05) is 45.0 Å². The number of benzene rings is 1. The van der Waals surface area contributed by atoms with Crippen LogP contribution in [0.5, 0.6) is 0 Å². The van der Waals surface area contributed by atoms with Gasteiger partial charge in [0, 0.05) is 12.2 Å². The van der Waals surface area contributed by atoms with Gasteiger partial charge in [-0.3, -0.25) is 4.79 Å². The van der Waals surface area contributed by atoms with Gasteiger partial charge in [-0.2, -0.15) is 5.10 Å². The number of aryl methyl sites for hydroxylation is 2. The molecule has 1 atom stereocenters. The highest BCUT2D eigenvalue weighted by Gasteiger charge is 2.19. The number of likely N-dealkylation sites (N-methyl/N-ethyl adjacent to an activating group) is 1. The van der Waals surface area contributed by atoms with Crippen molar-refractivity contribution in [3.8, 4) is 5.82 Å². The summed E-state index contributed by atoms with van der Waals surface area (Å²) in [5.41, 5.74) is 2.65. The van der Waals surface area contributed by atoms with Crippen LogP contribution in [0.3, 0.4) is 0 Å². The van der Waals surface area contributed by atoms with Crippen LogP contribution in [-0.4, -0.2) is 46.2 Å². The molecule has 1 amide bonds. The lowest BCUT2D eigenvalue weighted by Gasteiger charge is -2.25. The normalized spacial score (nSPS) is 12.2. The van der Waals surface area contributed by atoms with Gasteiger partial charge in [0.1, 0.15) is 11.5 Å². The number of rotatable bonds is 6. The molecule has 1 aromatic carbocycles. The van der Waals surface area contributed by atoms with Gasteiger partial charge < -0.3 is 10.2 Å². The van der Waals surface area contributed by atoms with E-state index in [9.17, 15) is 9.18 Å². The highest BCUT2D eigenvalue weighted by Crippen LogP contribution is 2.20. The molecule has 0 bridgehead atoms. The first-order chi connectivity index (χ1) is 13.8. The molecular weight excluding hydrogens is 393 g/mol. The Hall–Kier alpha value is -2.77. The number of carbonyl (C=O) groups is 1. The third-order valence-electron chi connectivity index (χ3n) is 4.59. The summed E-state index contributed by atoms with van der Waals surface area (Å²) < 4.78 is 15.3. The van der Waals surface area contributed by atoms with E-state index < -0.39 is 5.91 Å². The Morgan fingerprint density at radius 1 is 1.24 bits per heavy atom. The Bertz CT molecular complexity index is 1030. The minimum absolute atomic E-state index is 0.119. The van der Waals surface area contributed by atoms with Crippen LogP contribution < -0.4 is 5.32 Å². The van der Waals surface area contributed by atoms with E-state index >= 15 is 0 Å². The molecule has 0 aliphatic rings. The van der Waals surface area contributed by atoms with Crippen LogP contribution in [0.1, 0.15) is 33.5 Å². The van der Waals surface area contributed by atoms with Crippen molar-refractivity contribution in [2.45, 2.75) is 19.9 Å². The van der Waals surface area contributed by atoms with Crippen molar-refractivity contribution >= 4 is 17.5 Å². The molecule has 0 fully saturated rings. The van der Waals surface area contributed by atoms with Crippen molar-refractivity contribution in [2.24, 2.45) is 0 Å². The highest BCUT2D eigenvalue weighted by molar-refractivity contribution is 6.33. The smallest absolute Gasteiger partial charge is 0.271 e. The molecule has 3 rings (SSSR count). The van der Waals surface area contributed by atoms with Crippen molar-refractivity contribution in [3.05, 3.63) is 75.9 Å². The van der Waals surface area contributed by atoms with E-state index in [1.165, 1.54) is 12.1 Å². The number of aromatic nitrogens is 3. The summed E-state index contributed by atoms with van der Waals surface area (Å²) in [6.07, 6.45) is 0. The second-order valence-electron chi connectivity index (χ2n) is 7.08. The van der Waals surface area contributed by atoms with Gasteiger partial charge in [0.2, 0.25) is 0 Å². The number of halogens is 2. The second-order valence-corrected chi connectivity index (χ2v) is 7.49. The van der Waals surface area contributed by atoms with Gasteiger partial charge in [0.25, 0.3) is 5.91 Å². The molecule has 0 saturated carbocycles. The number of nitrogens with one attached hydrogen (secondary N) is 1. The van der Waals surface area contributed by atoms with Crippen LogP contribution >= 0.6 is 11.6 Å². The summed E-state index contributed by atoms with van der Waals surface area (Å²) in [5.74, 6) is -0.205. The van der Waals surface area contributed by atoms with Gasteiger partial charge in [-0.05, 0) is 63.8 Å². The number of nitrogens with zero attached hydrogens (tertiary/aromatic N) is 4. The molecule has 0 saturated heterocycles. The fraction of sp³-hybridized carbons (Fsp3) is 0.286. The molecule has 2 aromatic heterocycles. The number of hydrogen-bond acceptors (Lipinski definition) is 4. The predicted octanol–water partition coefficient (Wildman–Crippen LogP) is 3.71. The largest absolute Gasteiger partial charge is 0.349 e. The molecule has 8 heteroatoms. The second kappa shape index (κ2) is 8.71. The Morgan fingerprint density at radius 3 is 2.62 bits per heavy atom. The van der Waals surface area contributed by atoms with Crippen molar-refractivity contribution in [3.63, 3.8) is 0 Å². The zero-order valence-electron chi connectivity index (χ0n) is 16.8. The van der Waals surface area contributed by atoms with Gasteiger partial charge in [-0.15, -0.1) is 0 Å². The van der Waals surface area contributed by atoms with Crippen LogP contribution in [0, 0.1) is 19.7 Å². The van der Waals surface area contributed by atoms with Crippen LogP contribution in [0.2, 0.25) is 5.02 Å². The highest BCUT2D eigenvalue weighted by atomic mass is 35.5. The first-order valence-electron chi connectivity index (χ1n) is 9.16. The molecule has 1 N–H and O–H groups in total. The molecule has 2 heterocycles. The van der Waals surface area contributed by atoms with E-state index in [4.69, 9.17) is 11.6 Å². The van der Waals surface area contributed by atoms with Crippen LogP contribution in [0.15, 0.2) is 42.5 Å². The van der Waals surface area contributed by atoms with Gasteiger partial charge in [0.05, 0.1) is 16.8 Å². The first-order valence-corrected chi connectivity index (χ1v) is 9.54. The molecule has 0 radical (unpaired) electrons. The van der Waals surface area contributed by atoms with Gasteiger partial charge in [-0.25, -0.2) is 14.1 Å². The molecule has 1 unspecified atom stereocenters. The number of hydrogen-bond donors (Lipinski definition) is 1.